The van der Waals surface area contributed by atoms with Gasteiger partial charge in [-0.1, -0.05) is 37.5 Å². The molecule has 0 bridgehead atoms. The first-order valence-corrected chi connectivity index (χ1v) is 13.9. The number of urea groups is 1. The van der Waals surface area contributed by atoms with E-state index >= 15 is 0 Å². The molecule has 8 heteroatoms. The predicted octanol–water partition coefficient (Wildman–Crippen LogP) is 7.54. The van der Waals surface area contributed by atoms with E-state index in [0.717, 1.165) is 22.6 Å². The average Bonchev–Trinajstić information content (AvgIpc) is 3.32. The normalized spacial score (nSPS) is 15.1. The van der Waals surface area contributed by atoms with Crippen molar-refractivity contribution in [3.05, 3.63) is 53.8 Å². The van der Waals surface area contributed by atoms with Crippen LogP contribution < -0.4 is 15.4 Å². The lowest BCUT2D eigenvalue weighted by atomic mass is 9.90. The van der Waals surface area contributed by atoms with Gasteiger partial charge in [-0.2, -0.15) is 0 Å². The highest BCUT2D eigenvalue weighted by molar-refractivity contribution is 7.97. The molecule has 1 aromatic heterocycles. The Morgan fingerprint density at radius 2 is 2.06 bits per heavy atom. The molecule has 188 valence electrons. The Bertz CT molecular complexity index is 1030. The van der Waals surface area contributed by atoms with Crippen LogP contribution in [0, 0.1) is 0 Å². The molecule has 1 heterocycles. The minimum absolute atomic E-state index is 0.0475. The SMILES string of the molecule is C=N/C=C\C=C/CCNC(=O)Nc1ccc(-c2cnc(C3CCCCC3)s2)c(SNC(C)(C)C)c1. The van der Waals surface area contributed by atoms with Gasteiger partial charge in [-0.25, -0.2) is 9.78 Å². The summed E-state index contributed by atoms with van der Waals surface area (Å²) in [4.78, 5) is 23.1. The van der Waals surface area contributed by atoms with Gasteiger partial charge in [0.2, 0.25) is 0 Å². The van der Waals surface area contributed by atoms with Crippen molar-refractivity contribution in [3.63, 3.8) is 0 Å². The number of aliphatic imine (C=N–C) groups is 1. The molecule has 6 nitrogen and oxygen atoms in total. The Kier molecular flexibility index (Phi) is 10.6. The van der Waals surface area contributed by atoms with Crippen molar-refractivity contribution in [1.82, 2.24) is 15.0 Å². The topological polar surface area (TPSA) is 78.4 Å². The van der Waals surface area contributed by atoms with Crippen LogP contribution in [0.4, 0.5) is 10.5 Å². The summed E-state index contributed by atoms with van der Waals surface area (Å²) in [7, 11) is 0. The van der Waals surface area contributed by atoms with Crippen LogP contribution >= 0.6 is 23.3 Å². The van der Waals surface area contributed by atoms with Crippen molar-refractivity contribution in [3.8, 4) is 10.4 Å². The molecule has 3 rings (SSSR count). The van der Waals surface area contributed by atoms with Crippen molar-refractivity contribution in [2.24, 2.45) is 4.99 Å². The van der Waals surface area contributed by atoms with Crippen LogP contribution in [-0.2, 0) is 0 Å². The third-order valence-corrected chi connectivity index (χ3v) is 7.95. The van der Waals surface area contributed by atoms with Gasteiger partial charge in [0, 0.05) is 46.5 Å². The molecular weight excluding hydrogens is 474 g/mol. The number of carbonyl (C=O) groups excluding carboxylic acids is 1. The zero-order chi connectivity index (χ0) is 25.1. The van der Waals surface area contributed by atoms with Gasteiger partial charge in [0.15, 0.2) is 0 Å². The number of aromatic nitrogens is 1. The maximum atomic E-state index is 12.4. The fourth-order valence-corrected chi connectivity index (χ4v) is 5.86. The number of nitrogens with one attached hydrogen (secondary N) is 3. The van der Waals surface area contributed by atoms with Gasteiger partial charge in [-0.15, -0.1) is 11.3 Å². The highest BCUT2D eigenvalue weighted by Crippen LogP contribution is 2.40. The van der Waals surface area contributed by atoms with E-state index in [1.807, 2.05) is 41.8 Å². The second-order valence-electron chi connectivity index (χ2n) is 9.68. The number of hydrogen-bond acceptors (Lipinski definition) is 6. The second kappa shape index (κ2) is 13.6. The van der Waals surface area contributed by atoms with Crippen LogP contribution in [0.15, 0.2) is 58.7 Å². The third kappa shape index (κ3) is 9.28. The lowest BCUT2D eigenvalue weighted by molar-refractivity contribution is 0.252. The molecule has 0 atom stereocenters. The minimum Gasteiger partial charge on any atom is -0.338 e. The van der Waals surface area contributed by atoms with E-state index in [1.165, 1.54) is 42.0 Å². The molecule has 35 heavy (non-hydrogen) atoms. The van der Waals surface area contributed by atoms with E-state index in [0.29, 0.717) is 12.5 Å². The number of benzene rings is 1. The predicted molar refractivity (Wildman–Crippen MR) is 152 cm³/mol. The lowest BCUT2D eigenvalue weighted by Crippen LogP contribution is -2.30. The molecule has 0 aliphatic heterocycles. The number of anilines is 1. The van der Waals surface area contributed by atoms with E-state index in [-0.39, 0.29) is 11.6 Å². The molecule has 1 aliphatic carbocycles. The highest BCUT2D eigenvalue weighted by atomic mass is 32.2. The minimum atomic E-state index is -0.216. The first-order valence-electron chi connectivity index (χ1n) is 12.2. The Balaban J connectivity index is 1.68. The zero-order valence-corrected chi connectivity index (χ0v) is 22.6. The van der Waals surface area contributed by atoms with Gasteiger partial charge in [0.1, 0.15) is 0 Å². The van der Waals surface area contributed by atoms with Gasteiger partial charge < -0.3 is 10.6 Å². The third-order valence-electron chi connectivity index (χ3n) is 5.49. The van der Waals surface area contributed by atoms with Gasteiger partial charge in [0.05, 0.1) is 9.88 Å². The average molecular weight is 512 g/mol. The summed E-state index contributed by atoms with van der Waals surface area (Å²) in [5, 5.41) is 7.11. The first kappa shape index (κ1) is 27.2. The van der Waals surface area contributed by atoms with E-state index in [9.17, 15) is 4.79 Å². The van der Waals surface area contributed by atoms with Crippen molar-refractivity contribution >= 4 is 41.7 Å². The summed E-state index contributed by atoms with van der Waals surface area (Å²) in [6.07, 6.45) is 16.5. The smallest absolute Gasteiger partial charge is 0.319 e. The summed E-state index contributed by atoms with van der Waals surface area (Å²) < 4.78 is 3.51. The maximum absolute atomic E-state index is 12.4. The molecule has 1 aromatic carbocycles. The van der Waals surface area contributed by atoms with Crippen LogP contribution in [0.1, 0.15) is 70.2 Å². The molecule has 0 spiro atoms. The van der Waals surface area contributed by atoms with Crippen molar-refractivity contribution in [2.75, 3.05) is 11.9 Å². The number of allylic oxidation sites excluding steroid dienone is 2. The number of amides is 2. The van der Waals surface area contributed by atoms with E-state index in [4.69, 9.17) is 4.98 Å². The highest BCUT2D eigenvalue weighted by Gasteiger charge is 2.20. The van der Waals surface area contributed by atoms with Crippen LogP contribution in [0.25, 0.3) is 10.4 Å². The lowest BCUT2D eigenvalue weighted by Gasteiger charge is -2.21. The van der Waals surface area contributed by atoms with E-state index < -0.39 is 0 Å². The van der Waals surface area contributed by atoms with Gasteiger partial charge in [0.25, 0.3) is 0 Å². The molecule has 1 saturated carbocycles. The van der Waals surface area contributed by atoms with Crippen LogP contribution in [0.3, 0.4) is 0 Å². The number of hydrogen-bond donors (Lipinski definition) is 3. The van der Waals surface area contributed by atoms with Crippen molar-refractivity contribution in [2.45, 2.75) is 75.6 Å². The molecule has 0 radical (unpaired) electrons. The monoisotopic (exact) mass is 511 g/mol. The number of thiazole rings is 1. The maximum Gasteiger partial charge on any atom is 0.319 e. The number of rotatable bonds is 10. The molecule has 2 aromatic rings. The van der Waals surface area contributed by atoms with Crippen LogP contribution in [0.2, 0.25) is 0 Å². The fraction of sp³-hybridized carbons (Fsp3) is 0.444. The fourth-order valence-electron chi connectivity index (χ4n) is 3.78. The van der Waals surface area contributed by atoms with Crippen molar-refractivity contribution in [1.29, 1.82) is 0 Å². The Labute approximate surface area is 217 Å². The molecule has 2 amide bonds. The van der Waals surface area contributed by atoms with E-state index in [1.54, 1.807) is 24.2 Å². The molecule has 1 fully saturated rings. The largest absolute Gasteiger partial charge is 0.338 e. The van der Waals surface area contributed by atoms with Gasteiger partial charge in [-0.3, -0.25) is 9.71 Å². The Morgan fingerprint density at radius 3 is 2.80 bits per heavy atom. The standard InChI is InChI=1S/C27H37N5OS2/c1-27(2,3)32-35-23-18-21(31-26(33)29-17-11-6-5-10-16-28-4)14-15-22(23)24-19-30-25(34-24)20-12-8-7-9-13-20/h5-6,10,14-16,18-20,32H,4,7-9,11-13,17H2,1-3H3,(H2,29,31,33)/b6-5-,16-10-. The van der Waals surface area contributed by atoms with Gasteiger partial charge in [-0.05, 0) is 76.9 Å². The molecule has 3 N–H and O–H groups in total. The van der Waals surface area contributed by atoms with Crippen molar-refractivity contribution < 1.29 is 4.79 Å². The summed E-state index contributed by atoms with van der Waals surface area (Å²) in [6, 6.07) is 5.86. The Hall–Kier alpha value is -2.42. The quantitative estimate of drug-likeness (QED) is 0.133. The number of nitrogens with zero attached hydrogens (tertiary/aromatic N) is 2. The second-order valence-corrected chi connectivity index (χ2v) is 11.6. The molecule has 0 saturated heterocycles. The van der Waals surface area contributed by atoms with Gasteiger partial charge >= 0.3 is 6.03 Å². The Morgan fingerprint density at radius 1 is 1.26 bits per heavy atom. The zero-order valence-electron chi connectivity index (χ0n) is 21.0. The summed E-state index contributed by atoms with van der Waals surface area (Å²) in [5.41, 5.74) is 1.86. The summed E-state index contributed by atoms with van der Waals surface area (Å²) in [6.45, 7) is 10.4. The van der Waals surface area contributed by atoms with Crippen LogP contribution in [-0.4, -0.2) is 29.8 Å². The number of carbonyl (C=O) groups is 1. The molecular formula is C27H37N5OS2. The molecule has 0 unspecified atom stereocenters. The van der Waals surface area contributed by atoms with E-state index in [2.05, 4.69) is 53.9 Å². The van der Waals surface area contributed by atoms with Crippen LogP contribution in [0.5, 0.6) is 0 Å². The first-order chi connectivity index (χ1) is 16.9. The summed E-state index contributed by atoms with van der Waals surface area (Å²) in [5.74, 6) is 0.598. The molecule has 1 aliphatic rings. The summed E-state index contributed by atoms with van der Waals surface area (Å²) >= 11 is 3.40.